The number of rotatable bonds is 13. The predicted octanol–water partition coefficient (Wildman–Crippen LogP) is 1.16. The van der Waals surface area contributed by atoms with Crippen molar-refractivity contribution in [2.75, 3.05) is 20.6 Å². The van der Waals surface area contributed by atoms with Gasteiger partial charge in [0.05, 0.1) is 12.2 Å². The molecule has 25 heavy (non-hydrogen) atoms. The van der Waals surface area contributed by atoms with Gasteiger partial charge in [-0.3, -0.25) is 14.5 Å². The van der Waals surface area contributed by atoms with Gasteiger partial charge in [-0.25, -0.2) is 0 Å². The van der Waals surface area contributed by atoms with Gasteiger partial charge in [0.2, 0.25) is 11.6 Å². The van der Waals surface area contributed by atoms with Gasteiger partial charge in [0.25, 0.3) is 0 Å². The zero-order valence-corrected chi connectivity index (χ0v) is 16.5. The van der Waals surface area contributed by atoms with Crippen LogP contribution in [0, 0.1) is 5.92 Å². The number of carbonyl (C=O) groups excluding carboxylic acids is 2. The molecule has 146 valence electrons. The average Bonchev–Trinajstić information content (AvgIpc) is 2.55. The van der Waals surface area contributed by atoms with Crippen molar-refractivity contribution in [3.63, 3.8) is 0 Å². The van der Waals surface area contributed by atoms with Crippen molar-refractivity contribution in [1.29, 1.82) is 0 Å². The molecule has 0 aliphatic carbocycles. The minimum absolute atomic E-state index is 0.168. The van der Waals surface area contributed by atoms with E-state index in [1.807, 2.05) is 32.9 Å². The lowest BCUT2D eigenvalue weighted by Gasteiger charge is -2.32. The number of likely N-dealkylation sites (N-methyl/N-ethyl adjacent to an activating group) is 1. The summed E-state index contributed by atoms with van der Waals surface area (Å²) in [6.07, 6.45) is 4.30. The van der Waals surface area contributed by atoms with Crippen LogP contribution in [0.4, 0.5) is 0 Å². The number of allylic oxidation sites excluding steroid dienone is 2. The van der Waals surface area contributed by atoms with Gasteiger partial charge in [0, 0.05) is 0 Å². The maximum absolute atomic E-state index is 12.8. The molecule has 0 aromatic rings. The summed E-state index contributed by atoms with van der Waals surface area (Å²) in [5.74, 6) is -1.51. The molecule has 3 N–H and O–H groups in total. The largest absolute Gasteiger partial charge is 0.391 e. The van der Waals surface area contributed by atoms with Gasteiger partial charge in [0.15, 0.2) is 0 Å². The summed E-state index contributed by atoms with van der Waals surface area (Å²) in [5, 5.41) is 23.5. The zero-order valence-electron chi connectivity index (χ0n) is 16.5. The lowest BCUT2D eigenvalue weighted by molar-refractivity contribution is -0.145. The van der Waals surface area contributed by atoms with Crippen LogP contribution in [0.3, 0.4) is 0 Å². The highest BCUT2D eigenvalue weighted by atomic mass is 16.3. The second-order valence-corrected chi connectivity index (χ2v) is 6.94. The Bertz CT molecular complexity index is 435. The van der Waals surface area contributed by atoms with Gasteiger partial charge in [0.1, 0.15) is 12.1 Å². The third-order valence-corrected chi connectivity index (χ3v) is 4.38. The van der Waals surface area contributed by atoms with E-state index in [-0.39, 0.29) is 5.92 Å². The normalized spacial score (nSPS) is 18.1. The number of unbranched alkanes of at least 4 members (excludes halogenated alkanes) is 1. The molecule has 0 amide bonds. The summed E-state index contributed by atoms with van der Waals surface area (Å²) in [7, 11) is 3.34. The second-order valence-electron chi connectivity index (χ2n) is 6.94. The van der Waals surface area contributed by atoms with Crippen molar-refractivity contribution < 1.29 is 19.8 Å². The molecule has 0 rings (SSSR count). The molecule has 0 spiro atoms. The summed E-state index contributed by atoms with van der Waals surface area (Å²) in [6.45, 7) is 7.82. The van der Waals surface area contributed by atoms with Crippen LogP contribution in [0.15, 0.2) is 12.2 Å². The summed E-state index contributed by atoms with van der Waals surface area (Å²) < 4.78 is 0. The molecule has 1 unspecified atom stereocenters. The summed E-state index contributed by atoms with van der Waals surface area (Å²) >= 11 is 0. The Kier molecular flexibility index (Phi) is 11.8. The maximum Gasteiger partial charge on any atom is 0.219 e. The third kappa shape index (κ3) is 7.77. The van der Waals surface area contributed by atoms with E-state index in [9.17, 15) is 19.8 Å². The highest BCUT2D eigenvalue weighted by Crippen LogP contribution is 2.17. The van der Waals surface area contributed by atoms with E-state index < -0.39 is 35.9 Å². The Hall–Kier alpha value is -1.08. The molecule has 0 aliphatic rings. The van der Waals surface area contributed by atoms with E-state index in [4.69, 9.17) is 0 Å². The minimum Gasteiger partial charge on any atom is -0.391 e. The predicted molar refractivity (Wildman–Crippen MR) is 100 cm³/mol. The highest BCUT2D eigenvalue weighted by Gasteiger charge is 2.39. The van der Waals surface area contributed by atoms with E-state index in [0.29, 0.717) is 13.0 Å². The van der Waals surface area contributed by atoms with Crippen LogP contribution in [-0.2, 0) is 9.59 Å². The number of nitrogens with zero attached hydrogens (tertiary/aromatic N) is 1. The molecule has 6 heteroatoms. The fourth-order valence-corrected chi connectivity index (χ4v) is 2.71. The SMILES string of the molecule is C/C=C/C[C@@H](C)[C@@H](O)C(C(=O)C(=O)[C@@H](NCCCC)[C@@H](C)O)N(C)C. The molecule has 5 atom stereocenters. The molecular weight excluding hydrogens is 320 g/mol. The lowest BCUT2D eigenvalue weighted by Crippen LogP contribution is -2.56. The minimum atomic E-state index is -0.978. The van der Waals surface area contributed by atoms with E-state index in [1.54, 1.807) is 19.0 Å². The number of ketones is 2. The van der Waals surface area contributed by atoms with Crippen molar-refractivity contribution in [2.24, 2.45) is 5.92 Å². The van der Waals surface area contributed by atoms with Gasteiger partial charge in [-0.2, -0.15) is 0 Å². The van der Waals surface area contributed by atoms with Gasteiger partial charge in [-0.1, -0.05) is 32.4 Å². The van der Waals surface area contributed by atoms with Crippen LogP contribution in [0.2, 0.25) is 0 Å². The molecule has 0 radical (unpaired) electrons. The molecule has 0 aromatic heterocycles. The molecule has 0 heterocycles. The Labute approximate surface area is 152 Å². The van der Waals surface area contributed by atoms with Crippen molar-refractivity contribution in [3.8, 4) is 0 Å². The molecule has 0 bridgehead atoms. The monoisotopic (exact) mass is 356 g/mol. The fourth-order valence-electron chi connectivity index (χ4n) is 2.71. The van der Waals surface area contributed by atoms with Crippen LogP contribution in [-0.4, -0.2) is 71.6 Å². The molecule has 0 aromatic carbocycles. The van der Waals surface area contributed by atoms with E-state index in [1.165, 1.54) is 6.92 Å². The number of hydrogen-bond donors (Lipinski definition) is 3. The number of aliphatic hydroxyl groups is 2. The average molecular weight is 357 g/mol. The van der Waals surface area contributed by atoms with Crippen molar-refractivity contribution >= 4 is 11.6 Å². The number of hydrogen-bond acceptors (Lipinski definition) is 6. The van der Waals surface area contributed by atoms with Crippen molar-refractivity contribution in [2.45, 2.75) is 71.2 Å². The first-order valence-corrected chi connectivity index (χ1v) is 9.14. The van der Waals surface area contributed by atoms with Gasteiger partial charge in [-0.15, -0.1) is 0 Å². The maximum atomic E-state index is 12.8. The van der Waals surface area contributed by atoms with Crippen LogP contribution in [0.5, 0.6) is 0 Å². The molecule has 6 nitrogen and oxygen atoms in total. The summed E-state index contributed by atoms with van der Waals surface area (Å²) in [4.78, 5) is 27.0. The highest BCUT2D eigenvalue weighted by molar-refractivity contribution is 6.41. The number of aliphatic hydroxyl groups excluding tert-OH is 2. The summed E-state index contributed by atoms with van der Waals surface area (Å²) in [5.41, 5.74) is 0. The Morgan fingerprint density at radius 2 is 1.76 bits per heavy atom. The summed E-state index contributed by atoms with van der Waals surface area (Å²) in [6, 6.07) is -1.87. The van der Waals surface area contributed by atoms with Gasteiger partial charge >= 0.3 is 0 Å². The Balaban J connectivity index is 5.25. The van der Waals surface area contributed by atoms with Crippen LogP contribution >= 0.6 is 0 Å². The molecule has 0 aliphatic heterocycles. The van der Waals surface area contributed by atoms with Crippen LogP contribution in [0.25, 0.3) is 0 Å². The topological polar surface area (TPSA) is 89.9 Å². The first-order valence-electron chi connectivity index (χ1n) is 9.14. The molecule has 0 saturated carbocycles. The third-order valence-electron chi connectivity index (χ3n) is 4.38. The first kappa shape index (κ1) is 23.9. The Morgan fingerprint density at radius 1 is 1.16 bits per heavy atom. The first-order chi connectivity index (χ1) is 11.7. The van der Waals surface area contributed by atoms with E-state index in [0.717, 1.165) is 12.8 Å². The van der Waals surface area contributed by atoms with E-state index >= 15 is 0 Å². The van der Waals surface area contributed by atoms with Crippen molar-refractivity contribution in [1.82, 2.24) is 10.2 Å². The molecule has 0 saturated heterocycles. The quantitative estimate of drug-likeness (QED) is 0.261. The number of nitrogens with one attached hydrogen (secondary N) is 1. The fraction of sp³-hybridized carbons (Fsp3) is 0.789. The lowest BCUT2D eigenvalue weighted by atomic mass is 9.88. The molecule has 0 fully saturated rings. The van der Waals surface area contributed by atoms with Gasteiger partial charge in [-0.05, 0) is 53.2 Å². The molecular formula is C19H36N2O4. The van der Waals surface area contributed by atoms with Crippen LogP contribution in [0.1, 0.15) is 47.0 Å². The number of Topliss-reactive ketones (excluding diaryl/α,β-unsaturated/α-hetero) is 2. The van der Waals surface area contributed by atoms with E-state index in [2.05, 4.69) is 5.32 Å². The zero-order chi connectivity index (χ0) is 19.6. The smallest absolute Gasteiger partial charge is 0.219 e. The van der Waals surface area contributed by atoms with Crippen LogP contribution < -0.4 is 5.32 Å². The van der Waals surface area contributed by atoms with Gasteiger partial charge < -0.3 is 15.5 Å². The standard InChI is InChI=1S/C19H36N2O4/c1-7-9-11-13(3)17(23)16(21(5)6)19(25)18(24)15(14(4)22)20-12-10-8-2/h7,9,13-17,20,22-23H,8,10-12H2,1-6H3/b9-7+/t13-,14-,15+,16?,17-/m1/s1. The van der Waals surface area contributed by atoms with Crippen molar-refractivity contribution in [3.05, 3.63) is 12.2 Å². The second kappa shape index (κ2) is 12.3. The number of carbonyl (C=O) groups is 2. The Morgan fingerprint density at radius 3 is 2.20 bits per heavy atom.